The van der Waals surface area contributed by atoms with Crippen molar-refractivity contribution in [3.8, 4) is 0 Å². The largest absolute Gasteiger partial charge is 0.398 e. The lowest BCUT2D eigenvalue weighted by molar-refractivity contribution is 0.101. The summed E-state index contributed by atoms with van der Waals surface area (Å²) in [6, 6.07) is 5.83. The minimum atomic E-state index is 0.0481. The number of carbonyl (C=O) groups excluding carboxylic acids is 1. The second kappa shape index (κ2) is 5.79. The number of hydrogen-bond acceptors (Lipinski definition) is 3. The maximum atomic E-state index is 11.5. The van der Waals surface area contributed by atoms with Gasteiger partial charge in [0.1, 0.15) is 0 Å². The number of anilines is 1. The summed E-state index contributed by atoms with van der Waals surface area (Å²) < 4.78 is 0. The van der Waals surface area contributed by atoms with Gasteiger partial charge in [-0.3, -0.25) is 4.79 Å². The van der Waals surface area contributed by atoms with E-state index in [2.05, 4.69) is 6.92 Å². The number of thioether (sulfide) groups is 1. The molecule has 2 N–H and O–H groups in total. The summed E-state index contributed by atoms with van der Waals surface area (Å²) in [5, 5.41) is 0.692. The topological polar surface area (TPSA) is 43.1 Å². The van der Waals surface area contributed by atoms with Crippen molar-refractivity contribution in [3.05, 3.63) is 23.8 Å². The molecule has 2 atom stereocenters. The van der Waals surface area contributed by atoms with Crippen LogP contribution in [0.25, 0.3) is 0 Å². The highest BCUT2D eigenvalue weighted by atomic mass is 32.2. The summed E-state index contributed by atoms with van der Waals surface area (Å²) in [7, 11) is 0. The molecule has 3 heteroatoms. The number of nitrogens with two attached hydrogens (primary N) is 1. The van der Waals surface area contributed by atoms with Crippen molar-refractivity contribution in [1.29, 1.82) is 0 Å². The van der Waals surface area contributed by atoms with E-state index in [9.17, 15) is 4.79 Å². The Kier molecular flexibility index (Phi) is 4.33. The molecular formula is C15H21NOS. The first-order valence-electron chi connectivity index (χ1n) is 6.63. The molecule has 0 radical (unpaired) electrons. The summed E-state index contributed by atoms with van der Waals surface area (Å²) >= 11 is 1.90. The molecule has 0 saturated heterocycles. The van der Waals surface area contributed by atoms with Crippen LogP contribution in [0.1, 0.15) is 49.9 Å². The Labute approximate surface area is 113 Å². The molecule has 1 saturated carbocycles. The maximum absolute atomic E-state index is 11.5. The fourth-order valence-electron chi connectivity index (χ4n) is 2.59. The first-order chi connectivity index (χ1) is 8.56. The monoisotopic (exact) mass is 263 g/mol. The van der Waals surface area contributed by atoms with Crippen LogP contribution in [0.5, 0.6) is 0 Å². The number of benzene rings is 1. The van der Waals surface area contributed by atoms with E-state index in [4.69, 9.17) is 5.73 Å². The zero-order valence-electron chi connectivity index (χ0n) is 11.1. The molecule has 1 aliphatic rings. The lowest BCUT2D eigenvalue weighted by Gasteiger charge is -2.26. The van der Waals surface area contributed by atoms with E-state index < -0.39 is 0 Å². The number of Topliss-reactive ketones (excluding diaryl/α,β-unsaturated/α-hetero) is 1. The van der Waals surface area contributed by atoms with Gasteiger partial charge in [-0.15, -0.1) is 11.8 Å². The molecule has 18 heavy (non-hydrogen) atoms. The smallest absolute Gasteiger partial charge is 0.161 e. The molecule has 0 bridgehead atoms. The van der Waals surface area contributed by atoms with E-state index in [1.165, 1.54) is 30.6 Å². The van der Waals surface area contributed by atoms with Gasteiger partial charge in [0.05, 0.1) is 0 Å². The van der Waals surface area contributed by atoms with Gasteiger partial charge < -0.3 is 5.73 Å². The zero-order chi connectivity index (χ0) is 13.1. The standard InChI is InChI=1S/C15H21NOS/c1-10-4-3-5-12(8-10)18-13-6-7-15(16)14(9-13)11(2)17/h6-7,9-10,12H,3-5,8,16H2,1-2H3. The Morgan fingerprint density at radius 1 is 1.39 bits per heavy atom. The highest BCUT2D eigenvalue weighted by Gasteiger charge is 2.20. The Hall–Kier alpha value is -0.960. The average molecular weight is 263 g/mol. The summed E-state index contributed by atoms with van der Waals surface area (Å²) in [4.78, 5) is 12.6. The van der Waals surface area contributed by atoms with Crippen LogP contribution in [0, 0.1) is 5.92 Å². The van der Waals surface area contributed by atoms with Gasteiger partial charge in [-0.25, -0.2) is 0 Å². The van der Waals surface area contributed by atoms with Crippen LogP contribution < -0.4 is 5.73 Å². The second-order valence-corrected chi connectivity index (χ2v) is 6.69. The first kappa shape index (κ1) is 13.5. The Morgan fingerprint density at radius 3 is 2.83 bits per heavy atom. The van der Waals surface area contributed by atoms with Crippen LogP contribution in [0.15, 0.2) is 23.1 Å². The van der Waals surface area contributed by atoms with Gasteiger partial charge in [-0.1, -0.05) is 19.8 Å². The molecule has 1 aromatic rings. The molecule has 2 rings (SSSR count). The van der Waals surface area contributed by atoms with E-state index in [1.807, 2.05) is 30.0 Å². The minimum absolute atomic E-state index is 0.0481. The van der Waals surface area contributed by atoms with Gasteiger partial charge in [0.2, 0.25) is 0 Å². The number of rotatable bonds is 3. The molecule has 1 aliphatic carbocycles. The van der Waals surface area contributed by atoms with Gasteiger partial charge in [0.25, 0.3) is 0 Å². The third-order valence-electron chi connectivity index (χ3n) is 3.60. The third-order valence-corrected chi connectivity index (χ3v) is 4.88. The summed E-state index contributed by atoms with van der Waals surface area (Å²) in [5.74, 6) is 0.879. The predicted octanol–water partition coefficient (Wildman–Crippen LogP) is 4.14. The first-order valence-corrected chi connectivity index (χ1v) is 7.51. The molecule has 0 heterocycles. The van der Waals surface area contributed by atoms with Gasteiger partial charge in [0.15, 0.2) is 5.78 Å². The average Bonchev–Trinajstić information content (AvgIpc) is 2.31. The van der Waals surface area contributed by atoms with E-state index in [-0.39, 0.29) is 5.78 Å². The summed E-state index contributed by atoms with van der Waals surface area (Å²) in [5.41, 5.74) is 7.06. The number of hydrogen-bond donors (Lipinski definition) is 1. The van der Waals surface area contributed by atoms with Crippen molar-refractivity contribution in [2.45, 2.75) is 49.7 Å². The molecular weight excluding hydrogens is 242 g/mol. The highest BCUT2D eigenvalue weighted by Crippen LogP contribution is 2.36. The normalized spacial score (nSPS) is 23.9. The summed E-state index contributed by atoms with van der Waals surface area (Å²) in [6.45, 7) is 3.90. The Bertz CT molecular complexity index is 444. The lowest BCUT2D eigenvalue weighted by atomic mass is 9.91. The number of nitrogen functional groups attached to an aromatic ring is 1. The molecule has 0 aromatic heterocycles. The predicted molar refractivity (Wildman–Crippen MR) is 78.1 cm³/mol. The van der Waals surface area contributed by atoms with Gasteiger partial charge in [-0.05, 0) is 43.9 Å². The van der Waals surface area contributed by atoms with Crippen LogP contribution in [-0.4, -0.2) is 11.0 Å². The number of carbonyl (C=O) groups is 1. The molecule has 1 fully saturated rings. The lowest BCUT2D eigenvalue weighted by Crippen LogP contribution is -2.14. The van der Waals surface area contributed by atoms with Crippen LogP contribution in [0.2, 0.25) is 0 Å². The second-order valence-electron chi connectivity index (χ2n) is 5.32. The van der Waals surface area contributed by atoms with Crippen LogP contribution in [-0.2, 0) is 0 Å². The number of ketones is 1. The fourth-order valence-corrected chi connectivity index (χ4v) is 4.02. The van der Waals surface area contributed by atoms with E-state index in [1.54, 1.807) is 6.92 Å². The quantitative estimate of drug-likeness (QED) is 0.658. The minimum Gasteiger partial charge on any atom is -0.398 e. The Morgan fingerprint density at radius 2 is 2.17 bits per heavy atom. The Balaban J connectivity index is 2.09. The highest BCUT2D eigenvalue weighted by molar-refractivity contribution is 8.00. The summed E-state index contributed by atoms with van der Waals surface area (Å²) in [6.07, 6.45) is 5.25. The molecule has 0 amide bonds. The van der Waals surface area contributed by atoms with Crippen LogP contribution in [0.3, 0.4) is 0 Å². The van der Waals surface area contributed by atoms with Crippen molar-refractivity contribution < 1.29 is 4.79 Å². The molecule has 0 spiro atoms. The van der Waals surface area contributed by atoms with Crippen molar-refractivity contribution in [3.63, 3.8) is 0 Å². The van der Waals surface area contributed by atoms with Crippen molar-refractivity contribution in [2.24, 2.45) is 5.92 Å². The molecule has 98 valence electrons. The fraction of sp³-hybridized carbons (Fsp3) is 0.533. The van der Waals surface area contributed by atoms with E-state index in [0.717, 1.165) is 5.92 Å². The van der Waals surface area contributed by atoms with Crippen molar-refractivity contribution in [1.82, 2.24) is 0 Å². The van der Waals surface area contributed by atoms with Crippen LogP contribution >= 0.6 is 11.8 Å². The molecule has 2 unspecified atom stereocenters. The zero-order valence-corrected chi connectivity index (χ0v) is 11.9. The molecule has 0 aliphatic heterocycles. The molecule has 1 aromatic carbocycles. The SMILES string of the molecule is CC(=O)c1cc(SC2CCCC(C)C2)ccc1N. The van der Waals surface area contributed by atoms with Crippen molar-refractivity contribution >= 4 is 23.2 Å². The maximum Gasteiger partial charge on any atom is 0.161 e. The van der Waals surface area contributed by atoms with Gasteiger partial charge in [0, 0.05) is 21.4 Å². The third kappa shape index (κ3) is 3.29. The van der Waals surface area contributed by atoms with E-state index in [0.29, 0.717) is 16.5 Å². The van der Waals surface area contributed by atoms with Crippen LogP contribution in [0.4, 0.5) is 5.69 Å². The van der Waals surface area contributed by atoms with Gasteiger partial charge >= 0.3 is 0 Å². The molecule has 2 nitrogen and oxygen atoms in total. The van der Waals surface area contributed by atoms with E-state index >= 15 is 0 Å². The van der Waals surface area contributed by atoms with Gasteiger partial charge in [-0.2, -0.15) is 0 Å². The van der Waals surface area contributed by atoms with Crippen molar-refractivity contribution in [2.75, 3.05) is 5.73 Å².